The van der Waals surface area contributed by atoms with Gasteiger partial charge in [-0.15, -0.1) is 0 Å². The van der Waals surface area contributed by atoms with E-state index in [0.29, 0.717) is 12.1 Å². The van der Waals surface area contributed by atoms with Gasteiger partial charge in [-0.25, -0.2) is 0 Å². The summed E-state index contributed by atoms with van der Waals surface area (Å²) in [5, 5.41) is 0. The van der Waals surface area contributed by atoms with Crippen LogP contribution in [-0.4, -0.2) is 36.6 Å². The van der Waals surface area contributed by atoms with Crippen LogP contribution < -0.4 is 11.5 Å². The molecule has 0 amide bonds. The normalized spacial score (nSPS) is 41.5. The van der Waals surface area contributed by atoms with E-state index in [2.05, 4.69) is 4.90 Å². The quantitative estimate of drug-likeness (QED) is 0.640. The molecular weight excluding hydrogens is 162 g/mol. The van der Waals surface area contributed by atoms with Crippen LogP contribution in [0, 0.1) is 5.92 Å². The summed E-state index contributed by atoms with van der Waals surface area (Å²) in [5.41, 5.74) is 11.7. The minimum atomic E-state index is 0.426. The molecule has 13 heavy (non-hydrogen) atoms. The van der Waals surface area contributed by atoms with Crippen LogP contribution >= 0.6 is 0 Å². The molecule has 2 aliphatic rings. The Morgan fingerprint density at radius 1 is 1.08 bits per heavy atom. The molecule has 3 nitrogen and oxygen atoms in total. The first-order valence-electron chi connectivity index (χ1n) is 5.47. The maximum absolute atomic E-state index is 5.88. The number of nitrogens with zero attached hydrogens (tertiary/aromatic N) is 1. The molecule has 1 aliphatic heterocycles. The Hall–Kier alpha value is -0.120. The van der Waals surface area contributed by atoms with Crippen molar-refractivity contribution in [1.29, 1.82) is 0 Å². The lowest BCUT2D eigenvalue weighted by atomic mass is 10.1. The predicted molar refractivity (Wildman–Crippen MR) is 54.3 cm³/mol. The van der Waals surface area contributed by atoms with Crippen LogP contribution in [0.15, 0.2) is 0 Å². The average molecular weight is 183 g/mol. The van der Waals surface area contributed by atoms with E-state index in [-0.39, 0.29) is 0 Å². The van der Waals surface area contributed by atoms with Crippen LogP contribution in [0.1, 0.15) is 25.7 Å². The lowest BCUT2D eigenvalue weighted by Gasteiger charge is -2.19. The summed E-state index contributed by atoms with van der Waals surface area (Å²) in [7, 11) is 0. The zero-order chi connectivity index (χ0) is 9.26. The van der Waals surface area contributed by atoms with Gasteiger partial charge in [0.1, 0.15) is 0 Å². The zero-order valence-corrected chi connectivity index (χ0v) is 8.28. The van der Waals surface area contributed by atoms with Crippen molar-refractivity contribution in [3.63, 3.8) is 0 Å². The van der Waals surface area contributed by atoms with Gasteiger partial charge in [0, 0.05) is 25.2 Å². The molecule has 0 aromatic carbocycles. The smallest absolute Gasteiger partial charge is 0.0180 e. The third kappa shape index (κ3) is 2.42. The van der Waals surface area contributed by atoms with E-state index in [9.17, 15) is 0 Å². The molecule has 3 atom stereocenters. The van der Waals surface area contributed by atoms with Crippen molar-refractivity contribution < 1.29 is 0 Å². The van der Waals surface area contributed by atoms with Gasteiger partial charge in [-0.2, -0.15) is 0 Å². The van der Waals surface area contributed by atoms with Crippen molar-refractivity contribution in [2.45, 2.75) is 37.8 Å². The predicted octanol–water partition coefficient (Wildman–Crippen LogP) is 0.147. The molecular formula is C10H21N3. The van der Waals surface area contributed by atoms with Gasteiger partial charge in [-0.1, -0.05) is 0 Å². The number of hydrogen-bond donors (Lipinski definition) is 2. The SMILES string of the molecule is NC1CCC(CN2CCC(N)C2)C1. The minimum absolute atomic E-state index is 0.426. The Labute approximate surface area is 80.5 Å². The van der Waals surface area contributed by atoms with Crippen LogP contribution in [0.4, 0.5) is 0 Å². The minimum Gasteiger partial charge on any atom is -0.328 e. The van der Waals surface area contributed by atoms with Gasteiger partial charge < -0.3 is 16.4 Å². The van der Waals surface area contributed by atoms with Crippen molar-refractivity contribution in [2.24, 2.45) is 17.4 Å². The maximum Gasteiger partial charge on any atom is 0.0180 e. The van der Waals surface area contributed by atoms with E-state index in [1.807, 2.05) is 0 Å². The summed E-state index contributed by atoms with van der Waals surface area (Å²) in [6.45, 7) is 3.54. The first-order chi connectivity index (χ1) is 6.24. The van der Waals surface area contributed by atoms with Crippen LogP contribution in [0.2, 0.25) is 0 Å². The highest BCUT2D eigenvalue weighted by Gasteiger charge is 2.26. The lowest BCUT2D eigenvalue weighted by Crippen LogP contribution is -2.30. The van der Waals surface area contributed by atoms with Gasteiger partial charge in [0.05, 0.1) is 0 Å². The monoisotopic (exact) mass is 183 g/mol. The van der Waals surface area contributed by atoms with Crippen LogP contribution in [-0.2, 0) is 0 Å². The summed E-state index contributed by atoms with van der Waals surface area (Å²) in [6, 6.07) is 0.899. The second-order valence-electron chi connectivity index (χ2n) is 4.75. The third-order valence-corrected chi connectivity index (χ3v) is 3.41. The van der Waals surface area contributed by atoms with E-state index in [1.54, 1.807) is 0 Å². The molecule has 3 heteroatoms. The fraction of sp³-hybridized carbons (Fsp3) is 1.00. The summed E-state index contributed by atoms with van der Waals surface area (Å²) in [6.07, 6.45) is 4.96. The molecule has 0 bridgehead atoms. The number of rotatable bonds is 2. The van der Waals surface area contributed by atoms with E-state index < -0.39 is 0 Å². The molecule has 2 fully saturated rings. The summed E-state index contributed by atoms with van der Waals surface area (Å²) < 4.78 is 0. The Bertz CT molecular complexity index is 154. The molecule has 3 unspecified atom stereocenters. The number of likely N-dealkylation sites (tertiary alicyclic amines) is 1. The molecule has 1 aliphatic carbocycles. The van der Waals surface area contributed by atoms with Crippen molar-refractivity contribution >= 4 is 0 Å². The first kappa shape index (κ1) is 9.44. The Morgan fingerprint density at radius 3 is 2.46 bits per heavy atom. The molecule has 1 heterocycles. The van der Waals surface area contributed by atoms with Crippen LogP contribution in [0.3, 0.4) is 0 Å². The Morgan fingerprint density at radius 2 is 1.92 bits per heavy atom. The van der Waals surface area contributed by atoms with Crippen molar-refractivity contribution in [3.8, 4) is 0 Å². The first-order valence-corrected chi connectivity index (χ1v) is 5.47. The van der Waals surface area contributed by atoms with Crippen molar-refractivity contribution in [3.05, 3.63) is 0 Å². The summed E-state index contributed by atoms with van der Waals surface area (Å²) >= 11 is 0. The molecule has 76 valence electrons. The number of nitrogens with two attached hydrogens (primary N) is 2. The second kappa shape index (κ2) is 3.95. The maximum atomic E-state index is 5.88. The largest absolute Gasteiger partial charge is 0.328 e. The van der Waals surface area contributed by atoms with Crippen molar-refractivity contribution in [2.75, 3.05) is 19.6 Å². The topological polar surface area (TPSA) is 55.3 Å². The average Bonchev–Trinajstić information content (AvgIpc) is 2.62. The molecule has 1 saturated carbocycles. The molecule has 0 aromatic rings. The molecule has 0 radical (unpaired) electrons. The Kier molecular flexibility index (Phi) is 2.86. The van der Waals surface area contributed by atoms with E-state index in [4.69, 9.17) is 11.5 Å². The lowest BCUT2D eigenvalue weighted by molar-refractivity contribution is 0.276. The van der Waals surface area contributed by atoms with Crippen LogP contribution in [0.5, 0.6) is 0 Å². The fourth-order valence-corrected chi connectivity index (χ4v) is 2.67. The molecule has 1 saturated heterocycles. The van der Waals surface area contributed by atoms with Gasteiger partial charge in [0.25, 0.3) is 0 Å². The molecule has 0 spiro atoms. The van der Waals surface area contributed by atoms with Gasteiger partial charge >= 0.3 is 0 Å². The number of hydrogen-bond acceptors (Lipinski definition) is 3. The standard InChI is InChI=1S/C10H21N3/c11-9-2-1-8(5-9)6-13-4-3-10(12)7-13/h8-10H,1-7,11-12H2. The highest BCUT2D eigenvalue weighted by molar-refractivity contribution is 4.84. The molecule has 2 rings (SSSR count). The van der Waals surface area contributed by atoms with E-state index >= 15 is 0 Å². The van der Waals surface area contributed by atoms with Gasteiger partial charge in [0.15, 0.2) is 0 Å². The highest BCUT2D eigenvalue weighted by atomic mass is 15.2. The van der Waals surface area contributed by atoms with Crippen LogP contribution in [0.25, 0.3) is 0 Å². The summed E-state index contributed by atoms with van der Waals surface area (Å²) in [4.78, 5) is 2.51. The van der Waals surface area contributed by atoms with Gasteiger partial charge in [-0.05, 0) is 38.1 Å². The Balaban J connectivity index is 1.72. The molecule has 4 N–H and O–H groups in total. The van der Waals surface area contributed by atoms with Gasteiger partial charge in [-0.3, -0.25) is 0 Å². The van der Waals surface area contributed by atoms with Crippen molar-refractivity contribution in [1.82, 2.24) is 4.90 Å². The van der Waals surface area contributed by atoms with E-state index in [1.165, 1.54) is 38.8 Å². The second-order valence-corrected chi connectivity index (χ2v) is 4.75. The molecule has 0 aromatic heterocycles. The summed E-state index contributed by atoms with van der Waals surface area (Å²) in [5.74, 6) is 0.847. The highest BCUT2D eigenvalue weighted by Crippen LogP contribution is 2.25. The van der Waals surface area contributed by atoms with Gasteiger partial charge in [0.2, 0.25) is 0 Å². The third-order valence-electron chi connectivity index (χ3n) is 3.41. The fourth-order valence-electron chi connectivity index (χ4n) is 2.67. The van der Waals surface area contributed by atoms with E-state index in [0.717, 1.165) is 12.5 Å². The zero-order valence-electron chi connectivity index (χ0n) is 8.28.